The summed E-state index contributed by atoms with van der Waals surface area (Å²) in [4.78, 5) is 0. The molecular formula is C7H14O6. The van der Waals surface area contributed by atoms with Gasteiger partial charge in [0.05, 0.1) is 13.2 Å². The maximum absolute atomic E-state index is 9.25. The molecule has 0 saturated carbocycles. The molecule has 6 heteroatoms. The normalized spacial score (nSPS) is 46.4. The molecule has 78 valence electrons. The Balaban J connectivity index is 2.66. The highest BCUT2D eigenvalue weighted by atomic mass is 16.6. The second-order valence-corrected chi connectivity index (χ2v) is 3.05. The lowest BCUT2D eigenvalue weighted by atomic mass is 9.95. The second kappa shape index (κ2) is 4.32. The Morgan fingerprint density at radius 2 is 1.15 bits per heavy atom. The summed E-state index contributed by atoms with van der Waals surface area (Å²) in [6.45, 7) is -0.942. The molecule has 0 aromatic rings. The third kappa shape index (κ3) is 1.98. The standard InChI is InChI=1S/C7H14O6/c8-1-3-5(10)7(12)6(11)4(2-9)13-3/h3-12H,1-2H2/t3-,4?,5?,6+,7+/m0/s1. The fraction of sp³-hybridized carbons (Fsp3) is 1.00. The summed E-state index contributed by atoms with van der Waals surface area (Å²) >= 11 is 0. The second-order valence-electron chi connectivity index (χ2n) is 3.05. The molecule has 1 heterocycles. The topological polar surface area (TPSA) is 110 Å². The van der Waals surface area contributed by atoms with E-state index in [1.807, 2.05) is 0 Å². The van der Waals surface area contributed by atoms with Crippen LogP contribution in [0.15, 0.2) is 0 Å². The first kappa shape index (κ1) is 10.8. The van der Waals surface area contributed by atoms with E-state index in [0.717, 1.165) is 0 Å². The van der Waals surface area contributed by atoms with Crippen molar-refractivity contribution >= 4 is 0 Å². The van der Waals surface area contributed by atoms with Gasteiger partial charge in [0.1, 0.15) is 30.5 Å². The van der Waals surface area contributed by atoms with Crippen molar-refractivity contribution in [2.75, 3.05) is 13.2 Å². The molecule has 1 saturated heterocycles. The lowest BCUT2D eigenvalue weighted by Gasteiger charge is -2.39. The zero-order valence-corrected chi connectivity index (χ0v) is 6.95. The Bertz CT molecular complexity index is 143. The molecular weight excluding hydrogens is 180 g/mol. The van der Waals surface area contributed by atoms with E-state index in [1.54, 1.807) is 0 Å². The van der Waals surface area contributed by atoms with Crippen LogP contribution in [0.3, 0.4) is 0 Å². The lowest BCUT2D eigenvalue weighted by Crippen LogP contribution is -2.59. The molecule has 1 aliphatic rings. The number of ether oxygens (including phenoxy) is 1. The minimum Gasteiger partial charge on any atom is -0.394 e. The average Bonchev–Trinajstić information content (AvgIpc) is 2.15. The number of rotatable bonds is 2. The van der Waals surface area contributed by atoms with Gasteiger partial charge in [-0.2, -0.15) is 0 Å². The number of aliphatic hydroxyl groups is 5. The van der Waals surface area contributed by atoms with Gasteiger partial charge in [-0.3, -0.25) is 0 Å². The summed E-state index contributed by atoms with van der Waals surface area (Å²) in [5.41, 5.74) is 0. The number of aliphatic hydroxyl groups excluding tert-OH is 5. The maximum atomic E-state index is 9.25. The van der Waals surface area contributed by atoms with Gasteiger partial charge in [-0.05, 0) is 0 Å². The van der Waals surface area contributed by atoms with Crippen LogP contribution in [0, 0.1) is 0 Å². The first-order valence-corrected chi connectivity index (χ1v) is 4.03. The third-order valence-corrected chi connectivity index (χ3v) is 2.17. The molecule has 1 fully saturated rings. The summed E-state index contributed by atoms with van der Waals surface area (Å²) in [5.74, 6) is 0. The molecule has 13 heavy (non-hydrogen) atoms. The predicted molar refractivity (Wildman–Crippen MR) is 40.9 cm³/mol. The van der Waals surface area contributed by atoms with Crippen molar-refractivity contribution in [2.24, 2.45) is 0 Å². The third-order valence-electron chi connectivity index (χ3n) is 2.17. The van der Waals surface area contributed by atoms with E-state index in [2.05, 4.69) is 0 Å². The van der Waals surface area contributed by atoms with Gasteiger partial charge in [0.15, 0.2) is 0 Å². The fourth-order valence-corrected chi connectivity index (χ4v) is 1.33. The number of hydrogen-bond donors (Lipinski definition) is 5. The molecule has 5 atom stereocenters. The van der Waals surface area contributed by atoms with Crippen molar-refractivity contribution in [3.63, 3.8) is 0 Å². The van der Waals surface area contributed by atoms with Gasteiger partial charge in [0, 0.05) is 0 Å². The zero-order chi connectivity index (χ0) is 10.0. The van der Waals surface area contributed by atoms with Crippen LogP contribution in [0.25, 0.3) is 0 Å². The first-order valence-electron chi connectivity index (χ1n) is 4.03. The summed E-state index contributed by atoms with van der Waals surface area (Å²) < 4.78 is 4.92. The smallest absolute Gasteiger partial charge is 0.111 e. The summed E-state index contributed by atoms with van der Waals surface area (Å²) in [6.07, 6.45) is -5.99. The lowest BCUT2D eigenvalue weighted by molar-refractivity contribution is -0.235. The van der Waals surface area contributed by atoms with E-state index in [1.165, 1.54) is 0 Å². The fourth-order valence-electron chi connectivity index (χ4n) is 1.33. The summed E-state index contributed by atoms with van der Waals surface area (Å²) in [7, 11) is 0. The van der Waals surface area contributed by atoms with Gasteiger partial charge in [-0.15, -0.1) is 0 Å². The van der Waals surface area contributed by atoms with Crippen LogP contribution in [-0.4, -0.2) is 69.3 Å². The van der Waals surface area contributed by atoms with E-state index < -0.39 is 43.7 Å². The van der Waals surface area contributed by atoms with Crippen LogP contribution in [0.5, 0.6) is 0 Å². The highest BCUT2D eigenvalue weighted by Crippen LogP contribution is 2.20. The van der Waals surface area contributed by atoms with E-state index >= 15 is 0 Å². The molecule has 0 aliphatic carbocycles. The van der Waals surface area contributed by atoms with Crippen molar-refractivity contribution < 1.29 is 30.3 Å². The quantitative estimate of drug-likeness (QED) is 0.317. The zero-order valence-electron chi connectivity index (χ0n) is 6.95. The van der Waals surface area contributed by atoms with E-state index in [-0.39, 0.29) is 0 Å². The maximum Gasteiger partial charge on any atom is 0.111 e. The molecule has 6 nitrogen and oxygen atoms in total. The van der Waals surface area contributed by atoms with Crippen LogP contribution in [0.4, 0.5) is 0 Å². The molecule has 0 spiro atoms. The van der Waals surface area contributed by atoms with Crippen molar-refractivity contribution in [1.82, 2.24) is 0 Å². The van der Waals surface area contributed by atoms with Crippen LogP contribution in [0.2, 0.25) is 0 Å². The first-order chi connectivity index (χ1) is 6.11. The Morgan fingerprint density at radius 1 is 0.769 bits per heavy atom. The van der Waals surface area contributed by atoms with Gasteiger partial charge in [-0.1, -0.05) is 0 Å². The number of hydrogen-bond acceptors (Lipinski definition) is 6. The van der Waals surface area contributed by atoms with Gasteiger partial charge < -0.3 is 30.3 Å². The average molecular weight is 194 g/mol. The highest BCUT2D eigenvalue weighted by Gasteiger charge is 2.42. The summed E-state index contributed by atoms with van der Waals surface area (Å²) in [6, 6.07) is 0. The van der Waals surface area contributed by atoms with Crippen LogP contribution >= 0.6 is 0 Å². The van der Waals surface area contributed by atoms with Gasteiger partial charge in [0.2, 0.25) is 0 Å². The molecule has 1 aliphatic heterocycles. The van der Waals surface area contributed by atoms with Crippen LogP contribution in [0.1, 0.15) is 0 Å². The monoisotopic (exact) mass is 194 g/mol. The molecule has 1 rings (SSSR count). The van der Waals surface area contributed by atoms with Crippen LogP contribution < -0.4 is 0 Å². The minimum absolute atomic E-state index is 0.471. The molecule has 2 unspecified atom stereocenters. The Kier molecular flexibility index (Phi) is 3.60. The van der Waals surface area contributed by atoms with Crippen molar-refractivity contribution in [3.8, 4) is 0 Å². The van der Waals surface area contributed by atoms with Gasteiger partial charge >= 0.3 is 0 Å². The Morgan fingerprint density at radius 3 is 1.46 bits per heavy atom. The van der Waals surface area contributed by atoms with Crippen LogP contribution in [-0.2, 0) is 4.74 Å². The largest absolute Gasteiger partial charge is 0.394 e. The van der Waals surface area contributed by atoms with E-state index in [4.69, 9.17) is 14.9 Å². The van der Waals surface area contributed by atoms with E-state index in [0.29, 0.717) is 0 Å². The van der Waals surface area contributed by atoms with Crippen molar-refractivity contribution in [2.45, 2.75) is 30.5 Å². The molecule has 0 aromatic heterocycles. The molecule has 0 radical (unpaired) electrons. The Hall–Kier alpha value is -0.240. The van der Waals surface area contributed by atoms with E-state index in [9.17, 15) is 15.3 Å². The Labute approximate surface area is 75.0 Å². The molecule has 0 bridgehead atoms. The highest BCUT2D eigenvalue weighted by molar-refractivity contribution is 4.91. The van der Waals surface area contributed by atoms with Crippen molar-refractivity contribution in [1.29, 1.82) is 0 Å². The SMILES string of the molecule is OCC1O[C@@H](CO)C(O)[C@@H](O)[C@@H]1O. The van der Waals surface area contributed by atoms with Gasteiger partial charge in [-0.25, -0.2) is 0 Å². The molecule has 0 aromatic carbocycles. The van der Waals surface area contributed by atoms with Gasteiger partial charge in [0.25, 0.3) is 0 Å². The summed E-state index contributed by atoms with van der Waals surface area (Å²) in [5, 5.41) is 45.2. The molecule has 5 N–H and O–H groups in total. The minimum atomic E-state index is -1.40. The predicted octanol–water partition coefficient (Wildman–Crippen LogP) is -3.18. The molecule has 0 amide bonds. The van der Waals surface area contributed by atoms with Crippen molar-refractivity contribution in [3.05, 3.63) is 0 Å².